The van der Waals surface area contributed by atoms with Crippen molar-refractivity contribution < 1.29 is 27.9 Å². The van der Waals surface area contributed by atoms with Gasteiger partial charge in [0.25, 0.3) is 5.91 Å². The highest BCUT2D eigenvalue weighted by Gasteiger charge is 2.25. The van der Waals surface area contributed by atoms with Crippen molar-refractivity contribution in [3.05, 3.63) is 22.7 Å². The molecule has 1 aromatic rings. The molecule has 3 N–H and O–H groups in total. The number of hydrogen-bond donors (Lipinski definition) is 3. The van der Waals surface area contributed by atoms with Crippen LogP contribution in [0.2, 0.25) is 5.02 Å². The normalized spacial score (nSPS) is 11.0. The summed E-state index contributed by atoms with van der Waals surface area (Å²) in [6, 6.07) is 2.39. The van der Waals surface area contributed by atoms with Gasteiger partial charge in [0.2, 0.25) is 10.0 Å². The predicted molar refractivity (Wildman–Crippen MR) is 78.8 cm³/mol. The molecule has 0 unspecified atom stereocenters. The molecule has 1 aromatic carbocycles. The first-order chi connectivity index (χ1) is 10.2. The Labute approximate surface area is 132 Å². The molecule has 0 aliphatic carbocycles. The fourth-order valence-corrected chi connectivity index (χ4v) is 3.18. The lowest BCUT2D eigenvalue weighted by Crippen LogP contribution is -2.27. The molecule has 0 aliphatic heterocycles. The molecule has 0 saturated heterocycles. The number of carbonyl (C=O) groups is 2. The molecule has 0 spiro atoms. The van der Waals surface area contributed by atoms with E-state index in [9.17, 15) is 18.0 Å². The van der Waals surface area contributed by atoms with Crippen LogP contribution in [0.4, 0.5) is 0 Å². The molecule has 0 bridgehead atoms. The zero-order chi connectivity index (χ0) is 16.9. The molecule has 1 amide bonds. The first-order valence-corrected chi connectivity index (χ1v) is 7.90. The van der Waals surface area contributed by atoms with Gasteiger partial charge in [0.05, 0.1) is 19.1 Å². The quantitative estimate of drug-likeness (QED) is 0.656. The van der Waals surface area contributed by atoms with Crippen LogP contribution >= 0.6 is 11.6 Å². The zero-order valence-corrected chi connectivity index (χ0v) is 13.4. The lowest BCUT2D eigenvalue weighted by molar-refractivity contribution is -0.136. The molecule has 22 heavy (non-hydrogen) atoms. The number of halogens is 1. The van der Waals surface area contributed by atoms with Gasteiger partial charge in [0.1, 0.15) is 4.90 Å². The molecule has 0 fully saturated rings. The fourth-order valence-electron chi connectivity index (χ4n) is 1.65. The third-order valence-electron chi connectivity index (χ3n) is 2.62. The van der Waals surface area contributed by atoms with E-state index < -0.39 is 21.9 Å². The molecule has 0 radical (unpaired) electrons. The summed E-state index contributed by atoms with van der Waals surface area (Å²) in [5, 5.41) is 10.9. The number of carbonyl (C=O) groups excluding carboxylic acids is 1. The molecule has 10 heteroatoms. The lowest BCUT2D eigenvalue weighted by Gasteiger charge is -2.14. The van der Waals surface area contributed by atoms with E-state index in [2.05, 4.69) is 10.0 Å². The summed E-state index contributed by atoms with van der Waals surface area (Å²) in [6.45, 7) is -0.303. The van der Waals surface area contributed by atoms with Crippen molar-refractivity contribution >= 4 is 33.5 Å². The summed E-state index contributed by atoms with van der Waals surface area (Å²) in [4.78, 5) is 21.9. The summed E-state index contributed by atoms with van der Waals surface area (Å²) in [5.41, 5.74) is -0.0453. The van der Waals surface area contributed by atoms with E-state index in [4.69, 9.17) is 21.4 Å². The maximum atomic E-state index is 12.2. The lowest BCUT2D eigenvalue weighted by atomic mass is 10.2. The van der Waals surface area contributed by atoms with Gasteiger partial charge in [-0.15, -0.1) is 0 Å². The third kappa shape index (κ3) is 4.33. The minimum atomic E-state index is -4.09. The predicted octanol–water partition coefficient (Wildman–Crippen LogP) is 0.461. The average Bonchev–Trinajstić information content (AvgIpc) is 2.44. The first-order valence-electron chi connectivity index (χ1n) is 6.04. The molecule has 0 atom stereocenters. The van der Waals surface area contributed by atoms with Crippen LogP contribution in [0.25, 0.3) is 0 Å². The second kappa shape index (κ2) is 7.43. The number of ether oxygens (including phenoxy) is 1. The van der Waals surface area contributed by atoms with Crippen LogP contribution in [-0.4, -0.2) is 46.1 Å². The van der Waals surface area contributed by atoms with E-state index in [1.165, 1.54) is 20.2 Å². The van der Waals surface area contributed by atoms with Crippen LogP contribution in [-0.2, 0) is 14.8 Å². The Morgan fingerprint density at radius 3 is 2.50 bits per heavy atom. The van der Waals surface area contributed by atoms with Crippen molar-refractivity contribution in [2.24, 2.45) is 0 Å². The summed E-state index contributed by atoms with van der Waals surface area (Å²) in [5.74, 6) is -1.89. The van der Waals surface area contributed by atoms with Gasteiger partial charge in [-0.1, -0.05) is 11.6 Å². The molecular weight excluding hydrogens is 336 g/mol. The maximum absolute atomic E-state index is 12.2. The number of amides is 1. The van der Waals surface area contributed by atoms with Gasteiger partial charge < -0.3 is 15.2 Å². The molecular formula is C12H15ClN2O6S. The monoisotopic (exact) mass is 350 g/mol. The van der Waals surface area contributed by atoms with Crippen LogP contribution in [0.1, 0.15) is 16.8 Å². The maximum Gasteiger partial charge on any atom is 0.304 e. The number of benzene rings is 1. The van der Waals surface area contributed by atoms with Gasteiger partial charge in [-0.2, -0.15) is 0 Å². The van der Waals surface area contributed by atoms with Gasteiger partial charge in [-0.25, -0.2) is 13.1 Å². The average molecular weight is 351 g/mol. The second-order valence-electron chi connectivity index (χ2n) is 4.11. The topological polar surface area (TPSA) is 122 Å². The minimum absolute atomic E-state index is 0.0259. The first kappa shape index (κ1) is 18.2. The second-order valence-corrected chi connectivity index (χ2v) is 6.28. The fraction of sp³-hybridized carbons (Fsp3) is 0.333. The Kier molecular flexibility index (Phi) is 6.15. The van der Waals surface area contributed by atoms with Crippen molar-refractivity contribution in [3.8, 4) is 5.75 Å². The highest BCUT2D eigenvalue weighted by molar-refractivity contribution is 7.89. The Balaban J connectivity index is 3.30. The van der Waals surface area contributed by atoms with Crippen LogP contribution in [0.3, 0.4) is 0 Å². The van der Waals surface area contributed by atoms with Crippen molar-refractivity contribution in [1.82, 2.24) is 10.0 Å². The third-order valence-corrected chi connectivity index (χ3v) is 4.30. The molecule has 8 nitrogen and oxygen atoms in total. The molecule has 0 aliphatic rings. The number of sulfonamides is 1. The molecule has 1 rings (SSSR count). The van der Waals surface area contributed by atoms with Crippen molar-refractivity contribution in [3.63, 3.8) is 0 Å². The molecule has 0 saturated carbocycles. The summed E-state index contributed by atoms with van der Waals surface area (Å²) in [6.07, 6.45) is -0.385. The van der Waals surface area contributed by atoms with Crippen molar-refractivity contribution in [2.45, 2.75) is 11.3 Å². The molecule has 122 valence electrons. The molecule has 0 heterocycles. The Morgan fingerprint density at radius 2 is 2.00 bits per heavy atom. The Hall–Kier alpha value is -1.84. The highest BCUT2D eigenvalue weighted by Crippen LogP contribution is 2.31. The van der Waals surface area contributed by atoms with E-state index in [0.717, 1.165) is 6.07 Å². The number of methoxy groups -OCH3 is 1. The van der Waals surface area contributed by atoms with Crippen LogP contribution in [0.5, 0.6) is 5.75 Å². The van der Waals surface area contributed by atoms with E-state index in [1.54, 1.807) is 0 Å². The van der Waals surface area contributed by atoms with Gasteiger partial charge in [-0.05, 0) is 12.1 Å². The molecule has 0 aromatic heterocycles. The van der Waals surface area contributed by atoms with Gasteiger partial charge in [0.15, 0.2) is 5.75 Å². The van der Waals surface area contributed by atoms with Gasteiger partial charge >= 0.3 is 5.97 Å². The zero-order valence-electron chi connectivity index (χ0n) is 11.8. The van der Waals surface area contributed by atoms with E-state index in [0.29, 0.717) is 0 Å². The standard InChI is InChI=1S/C12H15ClN2O6S/c1-14-12(18)8-5-7(13)6-9(11(8)21-2)22(19,20)15-4-3-10(16)17/h5-6,15H,3-4H2,1-2H3,(H,14,18)(H,16,17). The van der Waals surface area contributed by atoms with Gasteiger partial charge in [-0.3, -0.25) is 9.59 Å². The van der Waals surface area contributed by atoms with Crippen LogP contribution < -0.4 is 14.8 Å². The van der Waals surface area contributed by atoms with Crippen LogP contribution in [0, 0.1) is 0 Å². The summed E-state index contributed by atoms with van der Waals surface area (Å²) in [7, 11) is -1.50. The van der Waals surface area contributed by atoms with Crippen LogP contribution in [0.15, 0.2) is 17.0 Å². The number of carboxylic acid groups (broad SMARTS) is 1. The number of hydrogen-bond acceptors (Lipinski definition) is 5. The summed E-state index contributed by atoms with van der Waals surface area (Å²) < 4.78 is 31.6. The van der Waals surface area contributed by atoms with Gasteiger partial charge in [0, 0.05) is 18.6 Å². The number of rotatable bonds is 7. The summed E-state index contributed by atoms with van der Waals surface area (Å²) >= 11 is 5.85. The highest BCUT2D eigenvalue weighted by atomic mass is 35.5. The Bertz CT molecular complexity index is 689. The van der Waals surface area contributed by atoms with Crippen molar-refractivity contribution in [1.29, 1.82) is 0 Å². The smallest absolute Gasteiger partial charge is 0.304 e. The minimum Gasteiger partial charge on any atom is -0.494 e. The number of carboxylic acids is 1. The van der Waals surface area contributed by atoms with Crippen molar-refractivity contribution in [2.75, 3.05) is 20.7 Å². The van der Waals surface area contributed by atoms with E-state index >= 15 is 0 Å². The Morgan fingerprint density at radius 1 is 1.36 bits per heavy atom. The number of nitrogens with one attached hydrogen (secondary N) is 2. The number of aliphatic carboxylic acids is 1. The largest absolute Gasteiger partial charge is 0.494 e. The van der Waals surface area contributed by atoms with E-state index in [-0.39, 0.29) is 34.2 Å². The van der Waals surface area contributed by atoms with E-state index in [1.807, 2.05) is 0 Å². The SMILES string of the molecule is CNC(=O)c1cc(Cl)cc(S(=O)(=O)NCCC(=O)O)c1OC.